The second-order valence-corrected chi connectivity index (χ2v) is 9.11. The second kappa shape index (κ2) is 10.1. The number of rotatable bonds is 8. The van der Waals surface area contributed by atoms with Crippen molar-refractivity contribution in [3.63, 3.8) is 0 Å². The number of benzene rings is 3. The lowest BCUT2D eigenvalue weighted by Gasteiger charge is -2.24. The van der Waals surface area contributed by atoms with Crippen LogP contribution in [0.15, 0.2) is 65.6 Å². The van der Waals surface area contributed by atoms with Crippen molar-refractivity contribution in [1.29, 1.82) is 0 Å². The Labute approximate surface area is 196 Å². The van der Waals surface area contributed by atoms with Gasteiger partial charge in [-0.1, -0.05) is 11.6 Å². The molecule has 0 radical (unpaired) electrons. The molecule has 3 rings (SSSR count). The highest BCUT2D eigenvalue weighted by atomic mass is 35.5. The number of halogens is 2. The first-order chi connectivity index (χ1) is 15.7. The Kier molecular flexibility index (Phi) is 7.45. The number of nitrogens with one attached hydrogen (secondary N) is 1. The van der Waals surface area contributed by atoms with Gasteiger partial charge in [0.1, 0.15) is 5.82 Å². The number of carbonyl (C=O) groups excluding carboxylic acids is 1. The number of amides is 1. The largest absolute Gasteiger partial charge is 0.493 e. The van der Waals surface area contributed by atoms with Gasteiger partial charge < -0.3 is 14.8 Å². The van der Waals surface area contributed by atoms with Gasteiger partial charge in [-0.25, -0.2) is 12.8 Å². The minimum absolute atomic E-state index is 0.0848. The molecule has 174 valence electrons. The van der Waals surface area contributed by atoms with Crippen LogP contribution < -0.4 is 19.1 Å². The summed E-state index contributed by atoms with van der Waals surface area (Å²) in [4.78, 5) is 12.4. The first-order valence-electron chi connectivity index (χ1n) is 9.82. The molecule has 3 aromatic rings. The van der Waals surface area contributed by atoms with Crippen LogP contribution in [0.5, 0.6) is 11.5 Å². The normalized spacial score (nSPS) is 11.1. The molecule has 0 heterocycles. The van der Waals surface area contributed by atoms with Gasteiger partial charge in [-0.3, -0.25) is 9.10 Å². The number of hydrogen-bond acceptors (Lipinski definition) is 5. The maximum Gasteiger partial charge on any atom is 0.264 e. The predicted octanol–water partition coefficient (Wildman–Crippen LogP) is 4.96. The molecular weight excluding hydrogens is 471 g/mol. The van der Waals surface area contributed by atoms with E-state index in [0.29, 0.717) is 27.9 Å². The van der Waals surface area contributed by atoms with Gasteiger partial charge in [0, 0.05) is 23.3 Å². The molecular formula is C23H22ClFN2O5S. The summed E-state index contributed by atoms with van der Waals surface area (Å²) in [6.45, 7) is 1.74. The topological polar surface area (TPSA) is 84.9 Å². The van der Waals surface area contributed by atoms with E-state index >= 15 is 0 Å². The number of sulfonamides is 1. The van der Waals surface area contributed by atoms with Crippen molar-refractivity contribution in [2.24, 2.45) is 0 Å². The van der Waals surface area contributed by atoms with Gasteiger partial charge in [0.15, 0.2) is 11.5 Å². The number of carbonyl (C=O) groups is 1. The minimum Gasteiger partial charge on any atom is -0.493 e. The lowest BCUT2D eigenvalue weighted by atomic mass is 10.2. The van der Waals surface area contributed by atoms with E-state index in [4.69, 9.17) is 21.1 Å². The smallest absolute Gasteiger partial charge is 0.264 e. The van der Waals surface area contributed by atoms with Gasteiger partial charge in [-0.05, 0) is 61.5 Å². The fraction of sp³-hybridized carbons (Fsp3) is 0.174. The molecule has 0 bridgehead atoms. The summed E-state index contributed by atoms with van der Waals surface area (Å²) >= 11 is 5.83. The quantitative estimate of drug-likeness (QED) is 0.480. The molecule has 0 saturated heterocycles. The minimum atomic E-state index is -4.13. The van der Waals surface area contributed by atoms with E-state index in [1.165, 1.54) is 20.3 Å². The number of nitrogens with zero attached hydrogens (tertiary/aromatic N) is 1. The molecule has 3 aromatic carbocycles. The molecule has 0 saturated carbocycles. The van der Waals surface area contributed by atoms with Crippen molar-refractivity contribution >= 4 is 38.9 Å². The number of methoxy groups -OCH3 is 2. The lowest BCUT2D eigenvalue weighted by Crippen LogP contribution is -2.31. The van der Waals surface area contributed by atoms with Crippen molar-refractivity contribution in [2.75, 3.05) is 30.4 Å². The zero-order valence-corrected chi connectivity index (χ0v) is 19.7. The van der Waals surface area contributed by atoms with Crippen LogP contribution in [0.4, 0.5) is 15.8 Å². The monoisotopic (exact) mass is 492 g/mol. The molecule has 10 heteroatoms. The zero-order valence-electron chi connectivity index (χ0n) is 18.1. The van der Waals surface area contributed by atoms with Crippen molar-refractivity contribution in [2.45, 2.75) is 11.8 Å². The molecule has 0 aliphatic rings. The van der Waals surface area contributed by atoms with Gasteiger partial charge in [0.05, 0.1) is 30.4 Å². The molecule has 0 aromatic heterocycles. The molecule has 1 N–H and O–H groups in total. The van der Waals surface area contributed by atoms with E-state index in [-0.39, 0.29) is 11.4 Å². The molecule has 0 spiro atoms. The highest BCUT2D eigenvalue weighted by Crippen LogP contribution is 2.34. The third-order valence-corrected chi connectivity index (χ3v) is 6.97. The summed E-state index contributed by atoms with van der Waals surface area (Å²) in [5, 5.41) is 3.01. The Hall–Kier alpha value is -3.30. The van der Waals surface area contributed by atoms with E-state index in [1.807, 2.05) is 0 Å². The Bertz CT molecular complexity index is 1270. The molecule has 0 unspecified atom stereocenters. The second-order valence-electron chi connectivity index (χ2n) is 6.81. The van der Waals surface area contributed by atoms with E-state index < -0.39 is 27.3 Å². The van der Waals surface area contributed by atoms with Crippen LogP contribution in [0.25, 0.3) is 0 Å². The number of hydrogen-bond donors (Lipinski definition) is 1. The average Bonchev–Trinajstić information content (AvgIpc) is 2.80. The fourth-order valence-electron chi connectivity index (χ4n) is 3.17. The van der Waals surface area contributed by atoms with Crippen LogP contribution in [0.1, 0.15) is 17.3 Å². The Morgan fingerprint density at radius 2 is 1.67 bits per heavy atom. The molecule has 0 fully saturated rings. The van der Waals surface area contributed by atoms with Gasteiger partial charge in [-0.15, -0.1) is 0 Å². The first-order valence-corrected chi connectivity index (χ1v) is 11.6. The highest BCUT2D eigenvalue weighted by molar-refractivity contribution is 7.92. The molecule has 0 aliphatic carbocycles. The summed E-state index contributed by atoms with van der Waals surface area (Å²) < 4.78 is 52.8. The molecule has 0 aliphatic heterocycles. The standard InChI is InChI=1S/C23H22ClFN2O5S/c1-4-27(17-9-12-21(31-2)22(13-17)32-3)33(29,30)18-10-11-20(25)19(14-18)23(28)26-16-7-5-15(24)6-8-16/h5-14H,4H2,1-3H3,(H,26,28). The molecule has 7 nitrogen and oxygen atoms in total. The van der Waals surface area contributed by atoms with E-state index in [1.54, 1.807) is 43.3 Å². The first kappa shape index (κ1) is 24.3. The van der Waals surface area contributed by atoms with Crippen molar-refractivity contribution in [3.05, 3.63) is 77.1 Å². The maximum absolute atomic E-state index is 14.4. The van der Waals surface area contributed by atoms with Crippen LogP contribution >= 0.6 is 11.6 Å². The lowest BCUT2D eigenvalue weighted by molar-refractivity contribution is 0.102. The van der Waals surface area contributed by atoms with E-state index in [0.717, 1.165) is 22.5 Å². The van der Waals surface area contributed by atoms with Crippen LogP contribution in [-0.4, -0.2) is 35.1 Å². The summed E-state index contributed by atoms with van der Waals surface area (Å²) in [5.41, 5.74) is 0.304. The van der Waals surface area contributed by atoms with Crippen LogP contribution in [0, 0.1) is 5.82 Å². The third kappa shape index (κ3) is 5.20. The fourth-order valence-corrected chi connectivity index (χ4v) is 4.79. The Balaban J connectivity index is 1.97. The van der Waals surface area contributed by atoms with Crippen LogP contribution in [-0.2, 0) is 10.0 Å². The Morgan fingerprint density at radius 1 is 1.00 bits per heavy atom. The van der Waals surface area contributed by atoms with Gasteiger partial charge in [0.2, 0.25) is 0 Å². The summed E-state index contributed by atoms with van der Waals surface area (Å²) in [6.07, 6.45) is 0. The summed E-state index contributed by atoms with van der Waals surface area (Å²) in [6, 6.07) is 14.0. The van der Waals surface area contributed by atoms with Crippen LogP contribution in [0.3, 0.4) is 0 Å². The zero-order chi connectivity index (χ0) is 24.2. The predicted molar refractivity (Wildman–Crippen MR) is 126 cm³/mol. The van der Waals surface area contributed by atoms with Crippen molar-refractivity contribution in [3.8, 4) is 11.5 Å². The van der Waals surface area contributed by atoms with Crippen molar-refractivity contribution < 1.29 is 27.1 Å². The summed E-state index contributed by atoms with van der Waals surface area (Å²) in [7, 11) is -1.21. The number of anilines is 2. The number of ether oxygens (including phenoxy) is 2. The average molecular weight is 493 g/mol. The van der Waals surface area contributed by atoms with Crippen LogP contribution in [0.2, 0.25) is 5.02 Å². The van der Waals surface area contributed by atoms with Gasteiger partial charge in [-0.2, -0.15) is 0 Å². The Morgan fingerprint density at radius 3 is 2.27 bits per heavy atom. The van der Waals surface area contributed by atoms with E-state index in [2.05, 4.69) is 5.32 Å². The highest BCUT2D eigenvalue weighted by Gasteiger charge is 2.27. The maximum atomic E-state index is 14.4. The molecule has 0 atom stereocenters. The third-order valence-electron chi connectivity index (χ3n) is 4.81. The van der Waals surface area contributed by atoms with Gasteiger partial charge >= 0.3 is 0 Å². The molecule has 1 amide bonds. The summed E-state index contributed by atoms with van der Waals surface area (Å²) in [5.74, 6) is -0.848. The SMILES string of the molecule is CCN(c1ccc(OC)c(OC)c1)S(=O)(=O)c1ccc(F)c(C(=O)Nc2ccc(Cl)cc2)c1. The van der Waals surface area contributed by atoms with Crippen molar-refractivity contribution in [1.82, 2.24) is 0 Å². The van der Waals surface area contributed by atoms with E-state index in [9.17, 15) is 17.6 Å². The molecule has 33 heavy (non-hydrogen) atoms. The van der Waals surface area contributed by atoms with Gasteiger partial charge in [0.25, 0.3) is 15.9 Å².